The van der Waals surface area contributed by atoms with Crippen molar-refractivity contribution in [2.45, 2.75) is 25.9 Å². The van der Waals surface area contributed by atoms with Crippen molar-refractivity contribution in [2.24, 2.45) is 0 Å². The molecule has 122 valence electrons. The molecule has 0 saturated carbocycles. The Morgan fingerprint density at radius 2 is 2.26 bits per heavy atom. The second-order valence-electron chi connectivity index (χ2n) is 5.34. The third kappa shape index (κ3) is 4.09. The Kier molecular flexibility index (Phi) is 5.25. The lowest BCUT2D eigenvalue weighted by atomic mass is 10.2. The summed E-state index contributed by atoms with van der Waals surface area (Å²) < 4.78 is 10.9. The molecule has 6 heteroatoms. The SMILES string of the molecule is CCOc1ccc(-c2nc(C(=O)NCC3CCCO3)cs2)cc1. The first kappa shape index (κ1) is 16.0. The number of ether oxygens (including phenoxy) is 2. The maximum absolute atomic E-state index is 12.1. The molecule has 0 bridgehead atoms. The molecule has 2 aromatic rings. The van der Waals surface area contributed by atoms with Gasteiger partial charge in [-0.3, -0.25) is 4.79 Å². The van der Waals surface area contributed by atoms with Gasteiger partial charge in [0, 0.05) is 24.1 Å². The summed E-state index contributed by atoms with van der Waals surface area (Å²) in [5.74, 6) is 0.691. The first-order valence-electron chi connectivity index (χ1n) is 7.85. The van der Waals surface area contributed by atoms with Gasteiger partial charge in [0.1, 0.15) is 16.5 Å². The van der Waals surface area contributed by atoms with E-state index >= 15 is 0 Å². The Hall–Kier alpha value is -1.92. The van der Waals surface area contributed by atoms with E-state index in [0.29, 0.717) is 18.8 Å². The van der Waals surface area contributed by atoms with Crippen molar-refractivity contribution in [1.29, 1.82) is 0 Å². The summed E-state index contributed by atoms with van der Waals surface area (Å²) in [5.41, 5.74) is 1.44. The van der Waals surface area contributed by atoms with Crippen LogP contribution in [0.4, 0.5) is 0 Å². The lowest BCUT2D eigenvalue weighted by Crippen LogP contribution is -2.31. The zero-order chi connectivity index (χ0) is 16.1. The highest BCUT2D eigenvalue weighted by atomic mass is 32.1. The average Bonchev–Trinajstić information content (AvgIpc) is 3.25. The van der Waals surface area contributed by atoms with Crippen LogP contribution >= 0.6 is 11.3 Å². The Morgan fingerprint density at radius 1 is 1.43 bits per heavy atom. The van der Waals surface area contributed by atoms with Gasteiger partial charge in [-0.15, -0.1) is 11.3 Å². The molecule has 1 aromatic heterocycles. The third-order valence-corrected chi connectivity index (χ3v) is 4.55. The number of carbonyl (C=O) groups is 1. The minimum absolute atomic E-state index is 0.142. The molecule has 0 spiro atoms. The maximum Gasteiger partial charge on any atom is 0.270 e. The summed E-state index contributed by atoms with van der Waals surface area (Å²) >= 11 is 1.46. The molecule has 2 heterocycles. The van der Waals surface area contributed by atoms with Gasteiger partial charge in [-0.05, 0) is 44.0 Å². The molecule has 1 N–H and O–H groups in total. The number of nitrogens with zero attached hydrogens (tertiary/aromatic N) is 1. The van der Waals surface area contributed by atoms with E-state index in [-0.39, 0.29) is 12.0 Å². The van der Waals surface area contributed by atoms with E-state index in [2.05, 4.69) is 10.3 Å². The molecule has 0 radical (unpaired) electrons. The number of thiazole rings is 1. The van der Waals surface area contributed by atoms with Gasteiger partial charge in [-0.2, -0.15) is 0 Å². The van der Waals surface area contributed by atoms with Crippen molar-refractivity contribution in [1.82, 2.24) is 10.3 Å². The predicted octanol–water partition coefficient (Wildman–Crippen LogP) is 3.12. The zero-order valence-electron chi connectivity index (χ0n) is 13.1. The van der Waals surface area contributed by atoms with Crippen molar-refractivity contribution < 1.29 is 14.3 Å². The van der Waals surface area contributed by atoms with Crippen LogP contribution in [0.15, 0.2) is 29.6 Å². The quantitative estimate of drug-likeness (QED) is 0.883. The fourth-order valence-electron chi connectivity index (χ4n) is 2.47. The summed E-state index contributed by atoms with van der Waals surface area (Å²) in [6.45, 7) is 3.94. The fourth-order valence-corrected chi connectivity index (χ4v) is 3.28. The van der Waals surface area contributed by atoms with Crippen LogP contribution in [0.25, 0.3) is 10.6 Å². The van der Waals surface area contributed by atoms with Crippen LogP contribution in [0.1, 0.15) is 30.3 Å². The van der Waals surface area contributed by atoms with E-state index in [4.69, 9.17) is 9.47 Å². The molecule has 1 saturated heterocycles. The Bertz CT molecular complexity index is 648. The van der Waals surface area contributed by atoms with Crippen molar-refractivity contribution in [3.05, 3.63) is 35.3 Å². The van der Waals surface area contributed by atoms with E-state index < -0.39 is 0 Å². The number of amides is 1. The number of nitrogens with one attached hydrogen (secondary N) is 1. The normalized spacial score (nSPS) is 17.2. The van der Waals surface area contributed by atoms with Crippen molar-refractivity contribution >= 4 is 17.2 Å². The molecule has 1 aliphatic heterocycles. The first-order valence-corrected chi connectivity index (χ1v) is 8.73. The predicted molar refractivity (Wildman–Crippen MR) is 90.0 cm³/mol. The number of rotatable bonds is 6. The van der Waals surface area contributed by atoms with Gasteiger partial charge in [-0.1, -0.05) is 0 Å². The molecule has 23 heavy (non-hydrogen) atoms. The minimum atomic E-state index is -0.145. The fraction of sp³-hybridized carbons (Fsp3) is 0.412. The van der Waals surface area contributed by atoms with Gasteiger partial charge in [0.25, 0.3) is 5.91 Å². The number of carbonyl (C=O) groups excluding carboxylic acids is 1. The molecule has 1 aliphatic rings. The summed E-state index contributed by atoms with van der Waals surface area (Å²) in [7, 11) is 0. The van der Waals surface area contributed by atoms with Gasteiger partial charge in [0.2, 0.25) is 0 Å². The van der Waals surface area contributed by atoms with E-state index in [1.807, 2.05) is 31.2 Å². The molecule has 3 rings (SSSR count). The van der Waals surface area contributed by atoms with Crippen LogP contribution in [-0.2, 0) is 4.74 Å². The molecule has 5 nitrogen and oxygen atoms in total. The highest BCUT2D eigenvalue weighted by molar-refractivity contribution is 7.13. The van der Waals surface area contributed by atoms with Crippen LogP contribution in [0.5, 0.6) is 5.75 Å². The largest absolute Gasteiger partial charge is 0.494 e. The molecular weight excluding hydrogens is 312 g/mol. The molecule has 1 unspecified atom stereocenters. The van der Waals surface area contributed by atoms with E-state index in [1.54, 1.807) is 5.38 Å². The topological polar surface area (TPSA) is 60.5 Å². The summed E-state index contributed by atoms with van der Waals surface area (Å²) in [5, 5.41) is 5.51. The number of hydrogen-bond donors (Lipinski definition) is 1. The molecule has 1 aromatic carbocycles. The highest BCUT2D eigenvalue weighted by Gasteiger charge is 2.18. The second-order valence-corrected chi connectivity index (χ2v) is 6.20. The van der Waals surface area contributed by atoms with Crippen LogP contribution in [-0.4, -0.2) is 36.8 Å². The molecular formula is C17H20N2O3S. The Labute approximate surface area is 139 Å². The van der Waals surface area contributed by atoms with Crippen molar-refractivity contribution in [2.75, 3.05) is 19.8 Å². The molecule has 1 amide bonds. The van der Waals surface area contributed by atoms with Crippen LogP contribution in [0, 0.1) is 0 Å². The van der Waals surface area contributed by atoms with E-state index in [9.17, 15) is 4.79 Å². The molecule has 0 aliphatic carbocycles. The van der Waals surface area contributed by atoms with Gasteiger partial charge in [-0.25, -0.2) is 4.98 Å². The maximum atomic E-state index is 12.1. The van der Waals surface area contributed by atoms with Gasteiger partial charge in [0.15, 0.2) is 0 Å². The van der Waals surface area contributed by atoms with Gasteiger partial charge >= 0.3 is 0 Å². The number of hydrogen-bond acceptors (Lipinski definition) is 5. The smallest absolute Gasteiger partial charge is 0.270 e. The van der Waals surface area contributed by atoms with Gasteiger partial charge in [0.05, 0.1) is 12.7 Å². The number of benzene rings is 1. The van der Waals surface area contributed by atoms with Crippen LogP contribution < -0.4 is 10.1 Å². The van der Waals surface area contributed by atoms with Crippen LogP contribution in [0.2, 0.25) is 0 Å². The lowest BCUT2D eigenvalue weighted by Gasteiger charge is -2.09. The monoisotopic (exact) mass is 332 g/mol. The zero-order valence-corrected chi connectivity index (χ0v) is 13.9. The van der Waals surface area contributed by atoms with Gasteiger partial charge < -0.3 is 14.8 Å². The Balaban J connectivity index is 1.61. The first-order chi connectivity index (χ1) is 11.3. The van der Waals surface area contributed by atoms with E-state index in [1.165, 1.54) is 11.3 Å². The molecule has 1 atom stereocenters. The summed E-state index contributed by atoms with van der Waals surface area (Å²) in [4.78, 5) is 16.6. The summed E-state index contributed by atoms with van der Waals surface area (Å²) in [6.07, 6.45) is 2.22. The highest BCUT2D eigenvalue weighted by Crippen LogP contribution is 2.25. The number of aromatic nitrogens is 1. The van der Waals surface area contributed by atoms with Crippen molar-refractivity contribution in [3.8, 4) is 16.3 Å². The third-order valence-electron chi connectivity index (χ3n) is 3.66. The lowest BCUT2D eigenvalue weighted by molar-refractivity contribution is 0.0854. The standard InChI is InChI=1S/C17H20N2O3S/c1-2-21-13-7-5-12(6-8-13)17-19-15(11-23-17)16(20)18-10-14-4-3-9-22-14/h5-8,11,14H,2-4,9-10H2,1H3,(H,18,20). The van der Waals surface area contributed by atoms with E-state index in [0.717, 1.165) is 35.8 Å². The molecule has 1 fully saturated rings. The van der Waals surface area contributed by atoms with Crippen molar-refractivity contribution in [3.63, 3.8) is 0 Å². The van der Waals surface area contributed by atoms with Crippen LogP contribution in [0.3, 0.4) is 0 Å². The second kappa shape index (κ2) is 7.57. The average molecular weight is 332 g/mol. The minimum Gasteiger partial charge on any atom is -0.494 e. The Morgan fingerprint density at radius 3 is 2.96 bits per heavy atom. The summed E-state index contributed by atoms with van der Waals surface area (Å²) in [6, 6.07) is 7.74.